The Kier molecular flexibility index (Phi) is 8.97. The minimum Gasteiger partial charge on any atom is -0.384 e. The molecule has 2 N–H and O–H groups in total. The largest absolute Gasteiger partial charge is 0.384 e. The monoisotopic (exact) mass is 492 g/mol. The fourth-order valence-electron chi connectivity index (χ4n) is 4.06. The van der Waals surface area contributed by atoms with Crippen LogP contribution in [-0.2, 0) is 12.8 Å². The average molecular weight is 494 g/mol. The molecular weight excluding hydrogens is 467 g/mol. The standard InChI is InChI=1S/C24H26Cl2N4O.ClH/c25-19-14-16(15-29-23(19)26)24(31)28-13-7-1-6-12-27-22-17-8-2-4-10-20(17)30-21-11-5-3-9-18(21)22;/h2,4,8,10,14-15H,1,3,5-7,9,11-13H2,(H,27,30)(H,28,31);1H. The number of anilines is 1. The molecule has 0 saturated heterocycles. The quantitative estimate of drug-likeness (QED) is 0.287. The second-order valence-corrected chi connectivity index (χ2v) is 8.64. The van der Waals surface area contributed by atoms with Gasteiger partial charge in [0.2, 0.25) is 0 Å². The number of carbonyl (C=O) groups excluding carboxylic acids is 1. The van der Waals surface area contributed by atoms with Crippen LogP contribution in [0.1, 0.15) is 53.7 Å². The van der Waals surface area contributed by atoms with Crippen molar-refractivity contribution in [2.45, 2.75) is 44.9 Å². The van der Waals surface area contributed by atoms with Gasteiger partial charge in [0.25, 0.3) is 5.91 Å². The fourth-order valence-corrected chi connectivity index (χ4v) is 4.33. The number of para-hydroxylation sites is 1. The normalized spacial score (nSPS) is 12.7. The zero-order chi connectivity index (χ0) is 21.6. The van der Waals surface area contributed by atoms with Gasteiger partial charge in [0.05, 0.1) is 16.1 Å². The molecule has 0 fully saturated rings. The van der Waals surface area contributed by atoms with Crippen LogP contribution in [0.5, 0.6) is 0 Å². The van der Waals surface area contributed by atoms with E-state index < -0.39 is 0 Å². The first kappa shape index (κ1) is 24.6. The Morgan fingerprint density at radius 3 is 2.66 bits per heavy atom. The third-order valence-corrected chi connectivity index (χ3v) is 6.35. The summed E-state index contributed by atoms with van der Waals surface area (Å²) in [5.41, 5.74) is 5.41. The van der Waals surface area contributed by atoms with Crippen LogP contribution in [0.3, 0.4) is 0 Å². The summed E-state index contributed by atoms with van der Waals surface area (Å²) in [5, 5.41) is 8.30. The zero-order valence-electron chi connectivity index (χ0n) is 17.8. The smallest absolute Gasteiger partial charge is 0.252 e. The lowest BCUT2D eigenvalue weighted by molar-refractivity contribution is 0.0952. The van der Waals surface area contributed by atoms with Gasteiger partial charge in [0, 0.05) is 36.1 Å². The SMILES string of the molecule is Cl.O=C(NCCCCCNc1c2c(nc3ccccc13)CCCC2)c1cnc(Cl)c(Cl)c1. The molecule has 0 unspecified atom stereocenters. The molecule has 2 heterocycles. The first-order valence-corrected chi connectivity index (χ1v) is 11.6. The number of aromatic nitrogens is 2. The number of amides is 1. The van der Waals surface area contributed by atoms with E-state index >= 15 is 0 Å². The van der Waals surface area contributed by atoms with E-state index in [1.807, 2.05) is 0 Å². The van der Waals surface area contributed by atoms with Crippen LogP contribution >= 0.6 is 35.6 Å². The summed E-state index contributed by atoms with van der Waals surface area (Å²) in [6, 6.07) is 9.93. The number of hydrogen-bond donors (Lipinski definition) is 2. The number of benzene rings is 1. The molecule has 8 heteroatoms. The van der Waals surface area contributed by atoms with Crippen molar-refractivity contribution in [2.75, 3.05) is 18.4 Å². The molecule has 170 valence electrons. The van der Waals surface area contributed by atoms with Crippen molar-refractivity contribution in [3.63, 3.8) is 0 Å². The van der Waals surface area contributed by atoms with Gasteiger partial charge in [-0.2, -0.15) is 0 Å². The first-order chi connectivity index (χ1) is 15.1. The molecule has 0 spiro atoms. The molecule has 0 atom stereocenters. The number of pyridine rings is 2. The number of unbranched alkanes of at least 4 members (excludes halogenated alkanes) is 2. The average Bonchev–Trinajstić information content (AvgIpc) is 2.79. The highest BCUT2D eigenvalue weighted by Crippen LogP contribution is 2.33. The maximum absolute atomic E-state index is 12.2. The second kappa shape index (κ2) is 11.7. The molecule has 4 rings (SSSR count). The zero-order valence-corrected chi connectivity index (χ0v) is 20.1. The van der Waals surface area contributed by atoms with Gasteiger partial charge in [-0.05, 0) is 62.6 Å². The lowest BCUT2D eigenvalue weighted by Crippen LogP contribution is -2.24. The van der Waals surface area contributed by atoms with Gasteiger partial charge in [-0.1, -0.05) is 41.4 Å². The van der Waals surface area contributed by atoms with Crippen molar-refractivity contribution < 1.29 is 4.79 Å². The van der Waals surface area contributed by atoms with Crippen molar-refractivity contribution in [3.8, 4) is 0 Å². The molecule has 32 heavy (non-hydrogen) atoms. The van der Waals surface area contributed by atoms with E-state index in [0.717, 1.165) is 44.2 Å². The molecule has 1 amide bonds. The van der Waals surface area contributed by atoms with Crippen LogP contribution in [0.4, 0.5) is 5.69 Å². The maximum Gasteiger partial charge on any atom is 0.252 e. The Bertz CT molecular complexity index is 1090. The van der Waals surface area contributed by atoms with Gasteiger partial charge >= 0.3 is 0 Å². The Labute approximate surface area is 204 Å². The third-order valence-electron chi connectivity index (χ3n) is 5.67. The van der Waals surface area contributed by atoms with E-state index in [0.29, 0.717) is 12.1 Å². The number of halogens is 3. The molecule has 2 aromatic heterocycles. The molecule has 0 aliphatic heterocycles. The van der Waals surface area contributed by atoms with Crippen molar-refractivity contribution in [2.24, 2.45) is 0 Å². The molecule has 0 saturated carbocycles. The predicted octanol–water partition coefficient (Wildman–Crippen LogP) is 6.25. The van der Waals surface area contributed by atoms with Crippen LogP contribution in [0.25, 0.3) is 10.9 Å². The second-order valence-electron chi connectivity index (χ2n) is 7.88. The summed E-state index contributed by atoms with van der Waals surface area (Å²) in [4.78, 5) is 21.0. The van der Waals surface area contributed by atoms with Gasteiger partial charge in [0.15, 0.2) is 0 Å². The molecule has 3 aromatic rings. The maximum atomic E-state index is 12.2. The predicted molar refractivity (Wildman–Crippen MR) is 135 cm³/mol. The van der Waals surface area contributed by atoms with Gasteiger partial charge < -0.3 is 10.6 Å². The van der Waals surface area contributed by atoms with Crippen molar-refractivity contribution in [1.82, 2.24) is 15.3 Å². The highest BCUT2D eigenvalue weighted by Gasteiger charge is 2.17. The molecule has 0 radical (unpaired) electrons. The summed E-state index contributed by atoms with van der Waals surface area (Å²) in [7, 11) is 0. The Hall–Kier alpha value is -2.08. The third kappa shape index (κ3) is 5.83. The molecule has 1 aliphatic rings. The van der Waals surface area contributed by atoms with E-state index in [1.165, 1.54) is 47.4 Å². The molecule has 1 aromatic carbocycles. The summed E-state index contributed by atoms with van der Waals surface area (Å²) in [6.45, 7) is 1.53. The number of nitrogens with zero attached hydrogens (tertiary/aromatic N) is 2. The van der Waals surface area contributed by atoms with Crippen LogP contribution in [-0.4, -0.2) is 29.0 Å². The van der Waals surface area contributed by atoms with E-state index in [9.17, 15) is 4.79 Å². The first-order valence-electron chi connectivity index (χ1n) is 10.9. The van der Waals surface area contributed by atoms with E-state index in [4.69, 9.17) is 28.2 Å². The lowest BCUT2D eigenvalue weighted by Gasteiger charge is -2.21. The van der Waals surface area contributed by atoms with Gasteiger partial charge in [-0.3, -0.25) is 9.78 Å². The minimum absolute atomic E-state index is 0. The number of fused-ring (bicyclic) bond motifs is 2. The van der Waals surface area contributed by atoms with Gasteiger partial charge in [-0.25, -0.2) is 4.98 Å². The van der Waals surface area contributed by atoms with E-state index in [-0.39, 0.29) is 28.5 Å². The summed E-state index contributed by atoms with van der Waals surface area (Å²) in [5.74, 6) is -0.181. The van der Waals surface area contributed by atoms with Crippen LogP contribution < -0.4 is 10.6 Å². The summed E-state index contributed by atoms with van der Waals surface area (Å²) < 4.78 is 0. The Morgan fingerprint density at radius 2 is 1.81 bits per heavy atom. The summed E-state index contributed by atoms with van der Waals surface area (Å²) in [6.07, 6.45) is 9.05. The van der Waals surface area contributed by atoms with Crippen LogP contribution in [0, 0.1) is 0 Å². The molecule has 1 aliphatic carbocycles. The van der Waals surface area contributed by atoms with Crippen LogP contribution in [0.2, 0.25) is 10.2 Å². The topological polar surface area (TPSA) is 66.9 Å². The highest BCUT2D eigenvalue weighted by atomic mass is 35.5. The Morgan fingerprint density at radius 1 is 1.03 bits per heavy atom. The summed E-state index contributed by atoms with van der Waals surface area (Å²) >= 11 is 11.7. The fraction of sp³-hybridized carbons (Fsp3) is 0.375. The van der Waals surface area contributed by atoms with Crippen molar-refractivity contribution in [1.29, 1.82) is 0 Å². The number of rotatable bonds is 8. The van der Waals surface area contributed by atoms with E-state index in [1.54, 1.807) is 0 Å². The van der Waals surface area contributed by atoms with Crippen molar-refractivity contribution in [3.05, 3.63) is 63.5 Å². The van der Waals surface area contributed by atoms with Crippen LogP contribution in [0.15, 0.2) is 36.5 Å². The van der Waals surface area contributed by atoms with Crippen molar-refractivity contribution >= 4 is 58.1 Å². The lowest BCUT2D eigenvalue weighted by atomic mass is 9.92. The van der Waals surface area contributed by atoms with Gasteiger partial charge in [-0.15, -0.1) is 12.4 Å². The molecule has 0 bridgehead atoms. The Balaban J connectivity index is 0.00000289. The van der Waals surface area contributed by atoms with Gasteiger partial charge in [0.1, 0.15) is 5.15 Å². The number of nitrogens with one attached hydrogen (secondary N) is 2. The van der Waals surface area contributed by atoms with E-state index in [2.05, 4.69) is 39.9 Å². The highest BCUT2D eigenvalue weighted by molar-refractivity contribution is 6.41. The number of hydrogen-bond acceptors (Lipinski definition) is 4. The number of aryl methyl sites for hydroxylation is 1. The number of carbonyl (C=O) groups is 1. The molecular formula is C24H27Cl3N4O. The minimum atomic E-state index is -0.181. The molecule has 5 nitrogen and oxygen atoms in total.